The Morgan fingerprint density at radius 3 is 0.910 bits per heavy atom. The summed E-state index contributed by atoms with van der Waals surface area (Å²) in [6.07, 6.45) is 5.78. The van der Waals surface area contributed by atoms with Crippen molar-refractivity contribution in [3.05, 3.63) is 71.8 Å². The fourth-order valence-corrected chi connectivity index (χ4v) is 9.77. The second-order valence-electron chi connectivity index (χ2n) is 23.8. The van der Waals surface area contributed by atoms with Crippen LogP contribution in [-0.4, -0.2) is 157 Å². The molecule has 0 aliphatic carbocycles. The van der Waals surface area contributed by atoms with Crippen LogP contribution in [0.25, 0.3) is 0 Å². The van der Waals surface area contributed by atoms with Gasteiger partial charge in [-0.2, -0.15) is 0 Å². The highest BCUT2D eigenvalue weighted by molar-refractivity contribution is 5.99. The van der Waals surface area contributed by atoms with Gasteiger partial charge in [-0.1, -0.05) is 109 Å². The first kappa shape index (κ1) is 78.0. The topological polar surface area (TPSA) is 455 Å². The van der Waals surface area contributed by atoms with Crippen molar-refractivity contribution in [1.29, 1.82) is 0 Å². The molecule has 0 fully saturated rings. The molecule has 0 unspecified atom stereocenters. The summed E-state index contributed by atoms with van der Waals surface area (Å²) in [7, 11) is 0. The number of hydrogen-bond donors (Lipinski definition) is 16. The molecule has 22 N–H and O–H groups in total. The molecule has 0 radical (unpaired) electrons. The van der Waals surface area contributed by atoms with Gasteiger partial charge in [0.25, 0.3) is 0 Å². The molecule has 0 aromatic heterocycles. The molecule has 0 spiro atoms. The molecule has 10 atom stereocenters. The Hall–Kier alpha value is -7.10. The monoisotopic (exact) mass is 1250 g/mol. The van der Waals surface area contributed by atoms with Gasteiger partial charge in [0.2, 0.25) is 53.2 Å². The molecule has 2 rings (SSSR count). The van der Waals surface area contributed by atoms with Gasteiger partial charge >= 0.3 is 5.97 Å². The number of carboxylic acid groups (broad SMARTS) is 1. The van der Waals surface area contributed by atoms with Crippen LogP contribution in [0.15, 0.2) is 60.7 Å². The second kappa shape index (κ2) is 43.5. The van der Waals surface area contributed by atoms with Crippen molar-refractivity contribution in [2.75, 3.05) is 32.7 Å². The molecule has 0 heterocycles. The van der Waals surface area contributed by atoms with E-state index < -0.39 is 137 Å². The zero-order valence-electron chi connectivity index (χ0n) is 53.3. The Morgan fingerprint density at radius 1 is 0.326 bits per heavy atom. The van der Waals surface area contributed by atoms with Gasteiger partial charge in [-0.3, -0.25) is 43.2 Å². The van der Waals surface area contributed by atoms with Crippen LogP contribution in [0.4, 0.5) is 0 Å². The quantitative estimate of drug-likeness (QED) is 0.0384. The van der Waals surface area contributed by atoms with E-state index in [1.807, 2.05) is 0 Å². The summed E-state index contributed by atoms with van der Waals surface area (Å²) in [5.74, 6) is -9.26. The van der Waals surface area contributed by atoms with E-state index in [1.54, 1.807) is 102 Å². The lowest BCUT2D eigenvalue weighted by molar-refractivity contribution is -0.142. The summed E-state index contributed by atoms with van der Waals surface area (Å²) < 4.78 is 0. The van der Waals surface area contributed by atoms with Gasteiger partial charge in [0.15, 0.2) is 0 Å². The van der Waals surface area contributed by atoms with Crippen LogP contribution in [0.5, 0.6) is 0 Å². The van der Waals surface area contributed by atoms with Gasteiger partial charge in [-0.15, -0.1) is 0 Å². The molecular weight excluding hydrogens is 1140 g/mol. The molecule has 0 bridgehead atoms. The maximum Gasteiger partial charge on any atom is 0.326 e. The van der Waals surface area contributed by atoms with Crippen molar-refractivity contribution in [1.82, 2.24) is 47.9 Å². The van der Waals surface area contributed by atoms with E-state index in [-0.39, 0.29) is 51.6 Å². The average molecular weight is 1250 g/mol. The van der Waals surface area contributed by atoms with E-state index in [1.165, 1.54) is 0 Å². The first-order valence-corrected chi connectivity index (χ1v) is 31.7. The van der Waals surface area contributed by atoms with Gasteiger partial charge in [0.1, 0.15) is 54.4 Å². The largest absolute Gasteiger partial charge is 0.480 e. The third-order valence-corrected chi connectivity index (χ3v) is 15.2. The number of rotatable bonds is 46. The molecule has 0 saturated heterocycles. The highest BCUT2D eigenvalue weighted by Gasteiger charge is 2.37. The minimum Gasteiger partial charge on any atom is -0.480 e. The van der Waals surface area contributed by atoms with Gasteiger partial charge < -0.3 is 87.4 Å². The van der Waals surface area contributed by atoms with Gasteiger partial charge in [-0.05, 0) is 151 Å². The molecule has 26 nitrogen and oxygen atoms in total. The van der Waals surface area contributed by atoms with Crippen molar-refractivity contribution >= 4 is 59.1 Å². The Bertz CT molecular complexity index is 2470. The fraction of sp³-hybridized carbons (Fsp3) is 0.651. The van der Waals surface area contributed by atoms with E-state index in [4.69, 9.17) is 34.4 Å². The Morgan fingerprint density at radius 2 is 0.573 bits per heavy atom. The van der Waals surface area contributed by atoms with Crippen LogP contribution in [0.2, 0.25) is 0 Å². The minimum absolute atomic E-state index is 0.0155. The van der Waals surface area contributed by atoms with Crippen LogP contribution < -0.4 is 82.3 Å². The molecule has 0 saturated carbocycles. The third kappa shape index (κ3) is 29.8. The van der Waals surface area contributed by atoms with Crippen molar-refractivity contribution in [3.8, 4) is 0 Å². The summed E-state index contributed by atoms with van der Waals surface area (Å²) in [4.78, 5) is 140. The number of hydrogen-bond acceptors (Lipinski definition) is 16. The Balaban J connectivity index is 2.48. The summed E-state index contributed by atoms with van der Waals surface area (Å²) in [6, 6.07) is 5.57. The molecule has 2 aromatic rings. The van der Waals surface area contributed by atoms with E-state index in [0.717, 1.165) is 0 Å². The van der Waals surface area contributed by atoms with Crippen LogP contribution >= 0.6 is 0 Å². The first-order valence-electron chi connectivity index (χ1n) is 31.7. The second-order valence-corrected chi connectivity index (χ2v) is 23.8. The van der Waals surface area contributed by atoms with Crippen LogP contribution in [-0.2, 0) is 60.8 Å². The van der Waals surface area contributed by atoms with Crippen molar-refractivity contribution in [2.24, 2.45) is 52.2 Å². The van der Waals surface area contributed by atoms with Gasteiger partial charge in [-0.25, -0.2) is 4.79 Å². The van der Waals surface area contributed by atoms with Crippen molar-refractivity contribution in [3.63, 3.8) is 0 Å². The van der Waals surface area contributed by atoms with Crippen molar-refractivity contribution in [2.45, 2.75) is 211 Å². The zero-order chi connectivity index (χ0) is 66.4. The van der Waals surface area contributed by atoms with Gasteiger partial charge in [0, 0.05) is 12.8 Å². The third-order valence-electron chi connectivity index (χ3n) is 15.2. The minimum atomic E-state index is -1.33. The van der Waals surface area contributed by atoms with Gasteiger partial charge in [0.05, 0.1) is 6.04 Å². The lowest BCUT2D eigenvalue weighted by Gasteiger charge is -2.30. The molecule has 0 aliphatic rings. The predicted octanol–water partition coefficient (Wildman–Crippen LogP) is -0.140. The van der Waals surface area contributed by atoms with Crippen LogP contribution in [0, 0.1) is 17.8 Å². The number of unbranched alkanes of at least 4 members (excludes halogenated alkanes) is 5. The number of nitrogens with one attached hydrogen (secondary N) is 9. The zero-order valence-corrected chi connectivity index (χ0v) is 53.3. The Kier molecular flexibility index (Phi) is 38.2. The highest BCUT2D eigenvalue weighted by Crippen LogP contribution is 2.15. The van der Waals surface area contributed by atoms with E-state index >= 15 is 0 Å². The normalized spacial score (nSPS) is 14.7. The maximum atomic E-state index is 14.7. The van der Waals surface area contributed by atoms with Crippen LogP contribution in [0.1, 0.15) is 149 Å². The lowest BCUT2D eigenvalue weighted by atomic mass is 9.98. The summed E-state index contributed by atoms with van der Waals surface area (Å²) in [5, 5.41) is 34.8. The number of nitrogens with two attached hydrogens (primary N) is 6. The predicted molar refractivity (Wildman–Crippen MR) is 342 cm³/mol. The molecule has 500 valence electrons. The SMILES string of the molecule is CC(C)[C@H](NC(=O)[C@H](CCCCN)NC(=O)[C@@H](N)CCCCN)C(=O)N[C@H](C(=O)N[C@H](Cc1ccccc1)C(=O)N[C@H](CCCCN)C(=O)N[C@@H](C(=O)N[C@@H](CCCCN)C(=O)N[C@@H](Cc1ccccc1)C(=O)N[C@@H](CCCCN)C(=O)O)C(C)C)C(C)C. The molecule has 2 aromatic carbocycles. The standard InChI is InChI=1S/C63H107N15O11/c1-39(2)51(60(85)72-45(28-14-19-33-65)55(80)74-49(37-42-23-9-7-10-24-42)59(84)73-48(63(88)89)31-17-22-36-68)76-57(82)47(30-16-21-35-67)71-58(83)50(38-43-25-11-8-12-26-43)75-61(86)52(40(3)4)78-62(87)53(41(5)6)77-56(81)46(29-15-20-34-66)70-54(79)44(69)27-13-18-32-64/h7-12,23-26,39-41,44-53H,13-22,27-38,64-69H2,1-6H3,(H,70,79)(H,71,83)(H,72,85)(H,73,84)(H,74,80)(H,75,86)(H,76,82)(H,77,81)(H,78,87)(H,88,89)/t44-,45-,46-,47+,48-,49-,50+,51+,52-,53-/m0/s1. The number of amides is 9. The van der Waals surface area contributed by atoms with Crippen molar-refractivity contribution < 1.29 is 53.1 Å². The molecular formula is C63H107N15O11. The molecule has 26 heteroatoms. The summed E-state index contributed by atoms with van der Waals surface area (Å²) in [6.45, 7) is 11.9. The van der Waals surface area contributed by atoms with E-state index in [0.29, 0.717) is 101 Å². The summed E-state index contributed by atoms with van der Waals surface area (Å²) in [5.41, 5.74) is 36.1. The fourth-order valence-electron chi connectivity index (χ4n) is 9.77. The van der Waals surface area contributed by atoms with Crippen LogP contribution in [0.3, 0.4) is 0 Å². The number of benzene rings is 2. The van der Waals surface area contributed by atoms with E-state index in [2.05, 4.69) is 47.9 Å². The Labute approximate surface area is 525 Å². The number of carbonyl (C=O) groups excluding carboxylic acids is 9. The maximum absolute atomic E-state index is 14.7. The first-order chi connectivity index (χ1) is 42.4. The summed E-state index contributed by atoms with van der Waals surface area (Å²) >= 11 is 0. The molecule has 89 heavy (non-hydrogen) atoms. The average Bonchev–Trinajstić information content (AvgIpc) is 3.70. The number of aliphatic carboxylic acids is 1. The number of carboxylic acids is 1. The lowest BCUT2D eigenvalue weighted by Crippen LogP contribution is -2.62. The molecule has 9 amide bonds. The highest BCUT2D eigenvalue weighted by atomic mass is 16.4. The smallest absolute Gasteiger partial charge is 0.326 e. The molecule has 0 aliphatic heterocycles. The van der Waals surface area contributed by atoms with E-state index in [9.17, 15) is 53.1 Å². The number of carbonyl (C=O) groups is 10.